The molecule has 0 unspecified atom stereocenters. The third-order valence-corrected chi connectivity index (χ3v) is 3.33. The van der Waals surface area contributed by atoms with E-state index in [0.717, 1.165) is 33.3 Å². The Morgan fingerprint density at radius 2 is 1.12 bits per heavy atom. The monoisotopic (exact) mass is 405 g/mol. The molecule has 0 fully saturated rings. The Hall–Kier alpha value is -1.50. The van der Waals surface area contributed by atoms with Crippen molar-refractivity contribution in [1.29, 1.82) is 0 Å². The summed E-state index contributed by atoms with van der Waals surface area (Å²) in [6, 6.07) is 13.8. The van der Waals surface area contributed by atoms with Crippen LogP contribution in [0.4, 0.5) is 0 Å². The van der Waals surface area contributed by atoms with E-state index in [1.54, 1.807) is 0 Å². The lowest BCUT2D eigenvalue weighted by Gasteiger charge is -2.08. The zero-order chi connectivity index (χ0) is 15.4. The summed E-state index contributed by atoms with van der Waals surface area (Å²) in [7, 11) is 0. The van der Waals surface area contributed by atoms with E-state index >= 15 is 0 Å². The van der Waals surface area contributed by atoms with E-state index in [1.807, 2.05) is 36.4 Å². The van der Waals surface area contributed by atoms with Crippen molar-refractivity contribution < 1.29 is 9.47 Å². The summed E-state index contributed by atoms with van der Waals surface area (Å²) in [5, 5.41) is 2.14. The molecular weight excluding hydrogens is 385 g/mol. The maximum absolute atomic E-state index is 5.55. The largest absolute Gasteiger partial charge is 0.492 e. The Bertz CT molecular complexity index is 740. The molecule has 25 heavy (non-hydrogen) atoms. The second kappa shape index (κ2) is 11.2. The van der Waals surface area contributed by atoms with Gasteiger partial charge < -0.3 is 20.9 Å². The van der Waals surface area contributed by atoms with Crippen LogP contribution in [-0.2, 0) is 0 Å². The highest BCUT2D eigenvalue weighted by atomic mass is 35.5. The van der Waals surface area contributed by atoms with Crippen molar-refractivity contribution in [2.75, 3.05) is 26.3 Å². The average Bonchev–Trinajstić information content (AvgIpc) is 2.56. The predicted octanol–water partition coefficient (Wildman–Crippen LogP) is 3.33. The summed E-state index contributed by atoms with van der Waals surface area (Å²) in [6.45, 7) is 1.97. The van der Waals surface area contributed by atoms with E-state index in [1.165, 1.54) is 0 Å². The van der Waals surface area contributed by atoms with Crippen molar-refractivity contribution in [3.8, 4) is 11.5 Å². The molecule has 0 spiro atoms. The van der Waals surface area contributed by atoms with Crippen LogP contribution < -0.4 is 20.9 Å². The number of rotatable bonds is 6. The van der Waals surface area contributed by atoms with Gasteiger partial charge in [-0.3, -0.25) is 0 Å². The second-order valence-electron chi connectivity index (χ2n) is 4.97. The first kappa shape index (κ1) is 23.5. The van der Waals surface area contributed by atoms with Crippen LogP contribution in [0.3, 0.4) is 0 Å². The normalized spacial score (nSPS) is 9.68. The molecule has 3 aromatic rings. The first-order chi connectivity index (χ1) is 10.8. The smallest absolute Gasteiger partial charge is 0.121 e. The van der Waals surface area contributed by atoms with Gasteiger partial charge in [-0.15, -0.1) is 37.2 Å². The van der Waals surface area contributed by atoms with E-state index in [2.05, 4.69) is 6.07 Å². The number of hydrogen-bond donors (Lipinski definition) is 2. The lowest BCUT2D eigenvalue weighted by molar-refractivity contribution is 0.328. The van der Waals surface area contributed by atoms with Crippen LogP contribution in [0.15, 0.2) is 42.5 Å². The average molecular weight is 407 g/mol. The Morgan fingerprint density at radius 1 is 0.680 bits per heavy atom. The van der Waals surface area contributed by atoms with E-state index < -0.39 is 0 Å². The van der Waals surface area contributed by atoms with Gasteiger partial charge in [-0.05, 0) is 30.3 Å². The van der Waals surface area contributed by atoms with E-state index in [0.29, 0.717) is 26.3 Å². The standard InChI is InChI=1S/C17H19N3O2.3ClH/c18-5-7-21-14-3-1-12-9-13-2-4-15(22-8-6-19)11-17(13)20-16(12)10-14;;;/h1-4,9-11H,5-8,18-19H2;3*1H. The van der Waals surface area contributed by atoms with Gasteiger partial charge >= 0.3 is 0 Å². The number of nitrogens with zero attached hydrogens (tertiary/aromatic N) is 1. The first-order valence-electron chi connectivity index (χ1n) is 7.30. The van der Waals surface area contributed by atoms with Gasteiger partial charge in [0.2, 0.25) is 0 Å². The molecule has 0 atom stereocenters. The van der Waals surface area contributed by atoms with E-state index in [4.69, 9.17) is 25.9 Å². The minimum atomic E-state index is 0. The molecule has 1 aromatic heterocycles. The van der Waals surface area contributed by atoms with Gasteiger partial charge in [0.05, 0.1) is 11.0 Å². The topological polar surface area (TPSA) is 83.4 Å². The van der Waals surface area contributed by atoms with Gasteiger partial charge in [0.25, 0.3) is 0 Å². The fourth-order valence-electron chi connectivity index (χ4n) is 2.32. The number of aromatic nitrogens is 1. The zero-order valence-electron chi connectivity index (χ0n) is 13.5. The van der Waals surface area contributed by atoms with Crippen molar-refractivity contribution >= 4 is 59.0 Å². The summed E-state index contributed by atoms with van der Waals surface area (Å²) in [6.07, 6.45) is 0. The lowest BCUT2D eigenvalue weighted by atomic mass is 10.1. The van der Waals surface area contributed by atoms with E-state index in [-0.39, 0.29) is 37.2 Å². The number of hydrogen-bond acceptors (Lipinski definition) is 5. The van der Waals surface area contributed by atoms with Crippen molar-refractivity contribution in [2.24, 2.45) is 11.5 Å². The molecule has 0 saturated heterocycles. The van der Waals surface area contributed by atoms with Gasteiger partial charge in [0, 0.05) is 36.0 Å². The highest BCUT2D eigenvalue weighted by Gasteiger charge is 2.04. The number of nitrogens with two attached hydrogens (primary N) is 2. The molecule has 1 heterocycles. The molecule has 0 aliphatic rings. The quantitative estimate of drug-likeness (QED) is 0.613. The van der Waals surface area contributed by atoms with Crippen molar-refractivity contribution in [2.45, 2.75) is 0 Å². The summed E-state index contributed by atoms with van der Waals surface area (Å²) in [5.74, 6) is 1.56. The van der Waals surface area contributed by atoms with Gasteiger partial charge in [-0.1, -0.05) is 0 Å². The summed E-state index contributed by atoms with van der Waals surface area (Å²) >= 11 is 0. The number of ether oxygens (including phenoxy) is 2. The lowest BCUT2D eigenvalue weighted by Crippen LogP contribution is -2.10. The first-order valence-corrected chi connectivity index (χ1v) is 7.30. The molecule has 2 aromatic carbocycles. The van der Waals surface area contributed by atoms with Crippen LogP contribution in [-0.4, -0.2) is 31.3 Å². The van der Waals surface area contributed by atoms with Crippen LogP contribution in [0.1, 0.15) is 0 Å². The molecule has 0 saturated carbocycles. The number of fused-ring (bicyclic) bond motifs is 2. The van der Waals surface area contributed by atoms with Gasteiger partial charge in [0.15, 0.2) is 0 Å². The third-order valence-electron chi connectivity index (χ3n) is 3.33. The second-order valence-corrected chi connectivity index (χ2v) is 4.97. The Labute approximate surface area is 165 Å². The molecule has 0 amide bonds. The molecule has 8 heteroatoms. The fourth-order valence-corrected chi connectivity index (χ4v) is 2.32. The van der Waals surface area contributed by atoms with Crippen molar-refractivity contribution in [3.63, 3.8) is 0 Å². The number of pyridine rings is 1. The van der Waals surface area contributed by atoms with E-state index in [9.17, 15) is 0 Å². The molecule has 3 rings (SSSR count). The summed E-state index contributed by atoms with van der Waals surface area (Å²) in [5.41, 5.74) is 12.7. The maximum Gasteiger partial charge on any atom is 0.121 e. The highest BCUT2D eigenvalue weighted by Crippen LogP contribution is 2.26. The minimum Gasteiger partial charge on any atom is -0.492 e. The Balaban J connectivity index is 0.00000192. The maximum atomic E-state index is 5.55. The molecule has 5 nitrogen and oxygen atoms in total. The molecule has 4 N–H and O–H groups in total. The molecule has 0 aliphatic carbocycles. The molecular formula is C17H22Cl3N3O2. The SMILES string of the molecule is Cl.Cl.Cl.NCCOc1ccc2cc3ccc(OCCN)cc3nc2c1. The van der Waals surface area contributed by atoms with Crippen LogP contribution in [0.25, 0.3) is 21.8 Å². The van der Waals surface area contributed by atoms with Crippen LogP contribution in [0.2, 0.25) is 0 Å². The Morgan fingerprint density at radius 3 is 1.52 bits per heavy atom. The number of benzene rings is 2. The highest BCUT2D eigenvalue weighted by molar-refractivity contribution is 5.93. The summed E-state index contributed by atoms with van der Waals surface area (Å²) < 4.78 is 11.1. The summed E-state index contributed by atoms with van der Waals surface area (Å²) in [4.78, 5) is 4.69. The van der Waals surface area contributed by atoms with Crippen molar-refractivity contribution in [1.82, 2.24) is 4.98 Å². The molecule has 0 bridgehead atoms. The predicted molar refractivity (Wildman–Crippen MR) is 110 cm³/mol. The number of halogens is 3. The molecule has 0 aliphatic heterocycles. The van der Waals surface area contributed by atoms with Crippen molar-refractivity contribution in [3.05, 3.63) is 42.5 Å². The van der Waals surface area contributed by atoms with Gasteiger partial charge in [-0.25, -0.2) is 4.98 Å². The molecule has 0 radical (unpaired) electrons. The zero-order valence-corrected chi connectivity index (χ0v) is 16.0. The molecule has 138 valence electrons. The van der Waals surface area contributed by atoms with Gasteiger partial charge in [0.1, 0.15) is 24.7 Å². The fraction of sp³-hybridized carbons (Fsp3) is 0.235. The Kier molecular flexibility index (Phi) is 10.5. The van der Waals surface area contributed by atoms with Gasteiger partial charge in [-0.2, -0.15) is 0 Å². The van der Waals surface area contributed by atoms with Crippen LogP contribution in [0, 0.1) is 0 Å². The third kappa shape index (κ3) is 5.76. The van der Waals surface area contributed by atoms with Crippen LogP contribution in [0.5, 0.6) is 11.5 Å². The van der Waals surface area contributed by atoms with Crippen LogP contribution >= 0.6 is 37.2 Å². The minimum absolute atomic E-state index is 0.